The SMILES string of the molecule is Cc1ccc2c(CC(=O)NCC(CC(C)C)N3CCOCC3)coc2c1. The average molecular weight is 358 g/mol. The highest BCUT2D eigenvalue weighted by Crippen LogP contribution is 2.22. The predicted molar refractivity (Wildman–Crippen MR) is 103 cm³/mol. The van der Waals surface area contributed by atoms with Crippen molar-refractivity contribution in [2.75, 3.05) is 32.8 Å². The number of nitrogens with one attached hydrogen (secondary N) is 1. The van der Waals surface area contributed by atoms with Crippen LogP contribution in [0.5, 0.6) is 0 Å². The molecule has 1 unspecified atom stereocenters. The maximum absolute atomic E-state index is 12.5. The summed E-state index contributed by atoms with van der Waals surface area (Å²) < 4.78 is 11.1. The number of amides is 1. The summed E-state index contributed by atoms with van der Waals surface area (Å²) in [7, 11) is 0. The van der Waals surface area contributed by atoms with E-state index < -0.39 is 0 Å². The van der Waals surface area contributed by atoms with Crippen LogP contribution in [0.3, 0.4) is 0 Å². The molecule has 1 aromatic heterocycles. The van der Waals surface area contributed by atoms with Crippen molar-refractivity contribution in [3.63, 3.8) is 0 Å². The van der Waals surface area contributed by atoms with Gasteiger partial charge >= 0.3 is 0 Å². The van der Waals surface area contributed by atoms with E-state index in [0.29, 0.717) is 24.9 Å². The molecule has 1 fully saturated rings. The lowest BCUT2D eigenvalue weighted by Gasteiger charge is -2.35. The van der Waals surface area contributed by atoms with Crippen LogP contribution >= 0.6 is 0 Å². The predicted octanol–water partition coefficient (Wildman–Crippen LogP) is 3.15. The lowest BCUT2D eigenvalue weighted by Crippen LogP contribution is -2.49. The number of ether oxygens (including phenoxy) is 1. The molecule has 1 aromatic carbocycles. The van der Waals surface area contributed by atoms with Crippen LogP contribution in [-0.4, -0.2) is 49.7 Å². The normalized spacial score (nSPS) is 16.9. The number of carbonyl (C=O) groups is 1. The third-order valence-corrected chi connectivity index (χ3v) is 5.00. The van der Waals surface area contributed by atoms with E-state index in [9.17, 15) is 4.79 Å². The van der Waals surface area contributed by atoms with Gasteiger partial charge in [0.1, 0.15) is 5.58 Å². The Hall–Kier alpha value is -1.85. The van der Waals surface area contributed by atoms with E-state index in [1.54, 1.807) is 6.26 Å². The number of carbonyl (C=O) groups excluding carboxylic acids is 1. The first-order valence-corrected chi connectivity index (χ1v) is 9.58. The Morgan fingerprint density at radius 2 is 2.04 bits per heavy atom. The highest BCUT2D eigenvalue weighted by atomic mass is 16.5. The number of morpholine rings is 1. The molecule has 5 heteroatoms. The first kappa shape index (κ1) is 18.9. The summed E-state index contributed by atoms with van der Waals surface area (Å²) in [5.41, 5.74) is 2.95. The van der Waals surface area contributed by atoms with E-state index in [4.69, 9.17) is 9.15 Å². The zero-order valence-electron chi connectivity index (χ0n) is 16.1. The molecule has 0 radical (unpaired) electrons. The fourth-order valence-corrected chi connectivity index (χ4v) is 3.64. The van der Waals surface area contributed by atoms with Gasteiger partial charge in [0, 0.05) is 36.6 Å². The highest BCUT2D eigenvalue weighted by molar-refractivity contribution is 5.87. The van der Waals surface area contributed by atoms with Crippen molar-refractivity contribution < 1.29 is 13.9 Å². The van der Waals surface area contributed by atoms with Crippen molar-refractivity contribution in [3.05, 3.63) is 35.6 Å². The largest absolute Gasteiger partial charge is 0.464 e. The second kappa shape index (κ2) is 8.69. The summed E-state index contributed by atoms with van der Waals surface area (Å²) in [6, 6.07) is 6.46. The summed E-state index contributed by atoms with van der Waals surface area (Å²) in [6.07, 6.45) is 3.14. The van der Waals surface area contributed by atoms with Crippen molar-refractivity contribution >= 4 is 16.9 Å². The van der Waals surface area contributed by atoms with E-state index in [-0.39, 0.29) is 5.91 Å². The number of rotatable bonds is 7. The highest BCUT2D eigenvalue weighted by Gasteiger charge is 2.22. The molecule has 1 N–H and O–H groups in total. The Bertz CT molecular complexity index is 732. The Labute approximate surface area is 155 Å². The molecule has 1 saturated heterocycles. The van der Waals surface area contributed by atoms with Crippen LogP contribution in [0, 0.1) is 12.8 Å². The minimum Gasteiger partial charge on any atom is -0.464 e. The minimum atomic E-state index is 0.0512. The summed E-state index contributed by atoms with van der Waals surface area (Å²) in [4.78, 5) is 14.9. The Morgan fingerprint density at radius 1 is 1.27 bits per heavy atom. The quantitative estimate of drug-likeness (QED) is 0.826. The molecule has 0 spiro atoms. The van der Waals surface area contributed by atoms with E-state index in [0.717, 1.165) is 54.8 Å². The molecule has 26 heavy (non-hydrogen) atoms. The van der Waals surface area contributed by atoms with Gasteiger partial charge in [-0.05, 0) is 30.9 Å². The molecule has 2 heterocycles. The fourth-order valence-electron chi connectivity index (χ4n) is 3.64. The third-order valence-electron chi connectivity index (χ3n) is 5.00. The van der Waals surface area contributed by atoms with Crippen molar-refractivity contribution in [3.8, 4) is 0 Å². The van der Waals surface area contributed by atoms with E-state index in [1.807, 2.05) is 19.1 Å². The molecular weight excluding hydrogens is 328 g/mol. The smallest absolute Gasteiger partial charge is 0.224 e. The fraction of sp³-hybridized carbons (Fsp3) is 0.571. The molecule has 1 atom stereocenters. The Morgan fingerprint density at radius 3 is 2.77 bits per heavy atom. The number of hydrogen-bond donors (Lipinski definition) is 1. The number of nitrogens with zero attached hydrogens (tertiary/aromatic N) is 1. The van der Waals surface area contributed by atoms with Crippen LogP contribution in [0.1, 0.15) is 31.4 Å². The van der Waals surface area contributed by atoms with Gasteiger partial charge in [0.2, 0.25) is 5.91 Å². The maximum Gasteiger partial charge on any atom is 0.224 e. The van der Waals surface area contributed by atoms with Crippen molar-refractivity contribution in [2.45, 2.75) is 39.7 Å². The second-order valence-corrected chi connectivity index (χ2v) is 7.67. The number of benzene rings is 1. The second-order valence-electron chi connectivity index (χ2n) is 7.67. The molecule has 5 nitrogen and oxygen atoms in total. The van der Waals surface area contributed by atoms with Gasteiger partial charge in [-0.2, -0.15) is 0 Å². The molecule has 0 saturated carbocycles. The lowest BCUT2D eigenvalue weighted by atomic mass is 10.0. The third kappa shape index (κ3) is 4.86. The van der Waals surface area contributed by atoms with Gasteiger partial charge in [-0.25, -0.2) is 0 Å². The standard InChI is InChI=1S/C21H30N2O3/c1-15(2)10-18(23-6-8-25-9-7-23)13-22-21(24)12-17-14-26-20-11-16(3)4-5-19(17)20/h4-5,11,14-15,18H,6-10,12-13H2,1-3H3,(H,22,24). The summed E-state index contributed by atoms with van der Waals surface area (Å²) >= 11 is 0. The van der Waals surface area contributed by atoms with Crippen LogP contribution in [0.25, 0.3) is 11.0 Å². The summed E-state index contributed by atoms with van der Waals surface area (Å²) in [6.45, 7) is 10.6. The van der Waals surface area contributed by atoms with Gasteiger partial charge in [-0.15, -0.1) is 0 Å². The molecule has 1 aliphatic heterocycles. The lowest BCUT2D eigenvalue weighted by molar-refractivity contribution is -0.120. The maximum atomic E-state index is 12.5. The van der Waals surface area contributed by atoms with Crippen molar-refractivity contribution in [1.82, 2.24) is 10.2 Å². The van der Waals surface area contributed by atoms with Gasteiger partial charge in [0.25, 0.3) is 0 Å². The van der Waals surface area contributed by atoms with Crippen molar-refractivity contribution in [1.29, 1.82) is 0 Å². The number of fused-ring (bicyclic) bond motifs is 1. The Balaban J connectivity index is 1.58. The summed E-state index contributed by atoms with van der Waals surface area (Å²) in [5, 5.41) is 4.16. The van der Waals surface area contributed by atoms with Gasteiger partial charge < -0.3 is 14.5 Å². The monoisotopic (exact) mass is 358 g/mol. The first-order chi connectivity index (χ1) is 12.5. The Kier molecular flexibility index (Phi) is 6.33. The topological polar surface area (TPSA) is 54.7 Å². The summed E-state index contributed by atoms with van der Waals surface area (Å²) in [5.74, 6) is 0.649. The van der Waals surface area contributed by atoms with Crippen LogP contribution in [0.4, 0.5) is 0 Å². The first-order valence-electron chi connectivity index (χ1n) is 9.58. The minimum absolute atomic E-state index is 0.0512. The zero-order chi connectivity index (χ0) is 18.5. The molecule has 1 amide bonds. The van der Waals surface area contributed by atoms with Crippen LogP contribution in [0.2, 0.25) is 0 Å². The average Bonchev–Trinajstić information content (AvgIpc) is 3.01. The van der Waals surface area contributed by atoms with Gasteiger partial charge in [0.05, 0.1) is 25.9 Å². The molecule has 142 valence electrons. The van der Waals surface area contributed by atoms with Gasteiger partial charge in [-0.1, -0.05) is 26.0 Å². The molecule has 3 rings (SSSR count). The molecule has 2 aromatic rings. The zero-order valence-corrected chi connectivity index (χ0v) is 16.1. The van der Waals surface area contributed by atoms with E-state index in [2.05, 4.69) is 30.1 Å². The van der Waals surface area contributed by atoms with E-state index in [1.165, 1.54) is 0 Å². The van der Waals surface area contributed by atoms with Crippen LogP contribution in [-0.2, 0) is 16.0 Å². The van der Waals surface area contributed by atoms with Gasteiger partial charge in [0.15, 0.2) is 0 Å². The van der Waals surface area contributed by atoms with Gasteiger partial charge in [-0.3, -0.25) is 9.69 Å². The van der Waals surface area contributed by atoms with Crippen LogP contribution in [0.15, 0.2) is 28.9 Å². The number of furan rings is 1. The molecule has 1 aliphatic rings. The van der Waals surface area contributed by atoms with Crippen LogP contribution < -0.4 is 5.32 Å². The van der Waals surface area contributed by atoms with E-state index >= 15 is 0 Å². The van der Waals surface area contributed by atoms with Crippen molar-refractivity contribution in [2.24, 2.45) is 5.92 Å². The number of hydrogen-bond acceptors (Lipinski definition) is 4. The molecule has 0 bridgehead atoms. The number of aryl methyl sites for hydroxylation is 1. The molecule has 0 aliphatic carbocycles. The molecular formula is C21H30N2O3.